The first-order valence-electron chi connectivity index (χ1n) is 9.16. The summed E-state index contributed by atoms with van der Waals surface area (Å²) in [7, 11) is 4.94. The van der Waals surface area contributed by atoms with E-state index in [0.29, 0.717) is 28.6 Å². The second-order valence-electron chi connectivity index (χ2n) is 6.96. The molecule has 0 saturated carbocycles. The summed E-state index contributed by atoms with van der Waals surface area (Å²) in [5.41, 5.74) is 1.18. The van der Waals surface area contributed by atoms with Crippen molar-refractivity contribution in [2.24, 2.45) is 0 Å². The lowest BCUT2D eigenvalue weighted by Crippen LogP contribution is -3.15. The number of nitrogens with zero attached hydrogens (tertiary/aromatic N) is 1. The molecule has 0 bridgehead atoms. The summed E-state index contributed by atoms with van der Waals surface area (Å²) in [6, 6.07) is 10.6. The molecule has 0 radical (unpaired) electrons. The van der Waals surface area contributed by atoms with Gasteiger partial charge in [-0.05, 0) is 42.8 Å². The number of carbonyl (C=O) groups is 2. The molecule has 0 aliphatic heterocycles. The first-order chi connectivity index (χ1) is 13.7. The molecule has 0 aliphatic rings. The Hall–Kier alpha value is -2.64. The van der Waals surface area contributed by atoms with Crippen molar-refractivity contribution >= 4 is 29.1 Å². The van der Waals surface area contributed by atoms with Crippen LogP contribution in [-0.4, -0.2) is 50.5 Å². The number of methoxy groups -OCH3 is 1. The van der Waals surface area contributed by atoms with Crippen LogP contribution in [0.25, 0.3) is 0 Å². The van der Waals surface area contributed by atoms with E-state index in [9.17, 15) is 14.0 Å². The number of anilines is 1. The highest BCUT2D eigenvalue weighted by molar-refractivity contribution is 6.31. The van der Waals surface area contributed by atoms with Gasteiger partial charge in [-0.15, -0.1) is 0 Å². The number of nitrogens with one attached hydrogen (secondary N) is 2. The van der Waals surface area contributed by atoms with Crippen molar-refractivity contribution < 1.29 is 23.6 Å². The summed E-state index contributed by atoms with van der Waals surface area (Å²) in [5.74, 6) is -0.248. The van der Waals surface area contributed by atoms with Gasteiger partial charge in [0.1, 0.15) is 11.6 Å². The third-order valence-corrected chi connectivity index (χ3v) is 4.90. The minimum atomic E-state index is -0.458. The Morgan fingerprint density at radius 2 is 2.00 bits per heavy atom. The van der Waals surface area contributed by atoms with Gasteiger partial charge in [0.2, 0.25) is 0 Å². The molecule has 0 aromatic heterocycles. The van der Waals surface area contributed by atoms with E-state index in [1.54, 1.807) is 51.4 Å². The quantitative estimate of drug-likeness (QED) is 0.684. The zero-order chi connectivity index (χ0) is 21.6. The molecule has 1 unspecified atom stereocenters. The van der Waals surface area contributed by atoms with Gasteiger partial charge in [0, 0.05) is 18.6 Å². The average molecular weight is 423 g/mol. The molecule has 6 nitrogen and oxygen atoms in total. The van der Waals surface area contributed by atoms with Crippen LogP contribution in [-0.2, 0) is 16.1 Å². The lowest BCUT2D eigenvalue weighted by molar-refractivity contribution is -0.886. The zero-order valence-electron chi connectivity index (χ0n) is 17.0. The number of rotatable bonds is 8. The fourth-order valence-electron chi connectivity index (χ4n) is 2.91. The second kappa shape index (κ2) is 10.2. The Balaban J connectivity index is 1.95. The SMILES string of the molecule is COc1ccc(Cl)cc1NC(=O)C[NH+](C)[C@@H](C)C(=O)N(C)Cc1cccc(F)c1. The third-order valence-electron chi connectivity index (χ3n) is 4.67. The number of halogens is 2. The predicted octanol–water partition coefficient (Wildman–Crippen LogP) is 1.99. The molecular formula is C21H26ClFN3O3+. The van der Waals surface area contributed by atoms with Gasteiger partial charge in [0.05, 0.1) is 19.8 Å². The summed E-state index contributed by atoms with van der Waals surface area (Å²) in [4.78, 5) is 27.4. The summed E-state index contributed by atoms with van der Waals surface area (Å²) >= 11 is 5.98. The van der Waals surface area contributed by atoms with Crippen LogP contribution < -0.4 is 15.0 Å². The Kier molecular flexibility index (Phi) is 7.99. The van der Waals surface area contributed by atoms with Gasteiger partial charge in [0.15, 0.2) is 12.6 Å². The molecular weight excluding hydrogens is 397 g/mol. The molecule has 0 saturated heterocycles. The molecule has 8 heteroatoms. The minimum absolute atomic E-state index is 0.0797. The van der Waals surface area contributed by atoms with Crippen molar-refractivity contribution in [3.05, 3.63) is 58.9 Å². The normalized spacial score (nSPS) is 12.8. The van der Waals surface area contributed by atoms with Crippen LogP contribution in [0.1, 0.15) is 12.5 Å². The Morgan fingerprint density at radius 3 is 2.66 bits per heavy atom. The van der Waals surface area contributed by atoms with Crippen molar-refractivity contribution in [2.45, 2.75) is 19.5 Å². The van der Waals surface area contributed by atoms with E-state index in [2.05, 4.69) is 5.32 Å². The summed E-state index contributed by atoms with van der Waals surface area (Å²) in [6.45, 7) is 2.13. The maximum Gasteiger partial charge on any atom is 0.280 e. The van der Waals surface area contributed by atoms with Gasteiger partial charge < -0.3 is 19.9 Å². The molecule has 2 rings (SSSR count). The van der Waals surface area contributed by atoms with Crippen LogP contribution in [0.15, 0.2) is 42.5 Å². The Labute approximate surface area is 175 Å². The molecule has 2 amide bonds. The maximum atomic E-state index is 13.3. The molecule has 2 N–H and O–H groups in total. The lowest BCUT2D eigenvalue weighted by atomic mass is 10.2. The van der Waals surface area contributed by atoms with Crippen LogP contribution in [0.3, 0.4) is 0 Å². The first-order valence-corrected chi connectivity index (χ1v) is 9.54. The van der Waals surface area contributed by atoms with Gasteiger partial charge >= 0.3 is 0 Å². The number of ether oxygens (including phenoxy) is 1. The largest absolute Gasteiger partial charge is 0.495 e. The van der Waals surface area contributed by atoms with Crippen LogP contribution in [0.2, 0.25) is 5.02 Å². The van der Waals surface area contributed by atoms with Crippen LogP contribution in [0.5, 0.6) is 5.75 Å². The number of quaternary nitrogens is 1. The fraction of sp³-hybridized carbons (Fsp3) is 0.333. The number of hydrogen-bond donors (Lipinski definition) is 2. The maximum absolute atomic E-state index is 13.3. The number of amides is 2. The molecule has 0 heterocycles. The smallest absolute Gasteiger partial charge is 0.280 e. The Morgan fingerprint density at radius 1 is 1.28 bits per heavy atom. The van der Waals surface area contributed by atoms with E-state index in [1.807, 2.05) is 0 Å². The summed E-state index contributed by atoms with van der Waals surface area (Å²) in [6.07, 6.45) is 0. The van der Waals surface area contributed by atoms with E-state index in [1.165, 1.54) is 24.1 Å². The van der Waals surface area contributed by atoms with E-state index < -0.39 is 6.04 Å². The molecule has 2 aromatic carbocycles. The van der Waals surface area contributed by atoms with Gasteiger partial charge in [0.25, 0.3) is 11.8 Å². The molecule has 2 atom stereocenters. The number of hydrogen-bond acceptors (Lipinski definition) is 3. The first kappa shape index (κ1) is 22.6. The standard InChI is InChI=1S/C21H25ClFN3O3/c1-14(21(28)26(3)12-15-6-5-7-17(23)10-15)25(2)13-20(27)24-18-11-16(22)8-9-19(18)29-4/h5-11,14H,12-13H2,1-4H3,(H,24,27)/p+1/t14-/m0/s1. The molecule has 0 spiro atoms. The van der Waals surface area contributed by atoms with Gasteiger partial charge in [-0.3, -0.25) is 9.59 Å². The Bertz CT molecular complexity index is 878. The van der Waals surface area contributed by atoms with Gasteiger partial charge in [-0.25, -0.2) is 4.39 Å². The van der Waals surface area contributed by atoms with E-state index in [-0.39, 0.29) is 24.2 Å². The van der Waals surface area contributed by atoms with Crippen molar-refractivity contribution in [3.63, 3.8) is 0 Å². The molecule has 2 aromatic rings. The molecule has 29 heavy (non-hydrogen) atoms. The van der Waals surface area contributed by atoms with Crippen LogP contribution >= 0.6 is 11.6 Å². The van der Waals surface area contributed by atoms with Crippen LogP contribution in [0.4, 0.5) is 10.1 Å². The summed E-state index contributed by atoms with van der Waals surface area (Å²) < 4.78 is 18.6. The molecule has 0 fully saturated rings. The zero-order valence-corrected chi connectivity index (χ0v) is 17.7. The second-order valence-corrected chi connectivity index (χ2v) is 7.40. The summed E-state index contributed by atoms with van der Waals surface area (Å²) in [5, 5.41) is 3.24. The minimum Gasteiger partial charge on any atom is -0.495 e. The topological polar surface area (TPSA) is 63.1 Å². The fourth-order valence-corrected chi connectivity index (χ4v) is 3.08. The van der Waals surface area contributed by atoms with Gasteiger partial charge in [-0.1, -0.05) is 23.7 Å². The molecule has 156 valence electrons. The van der Waals surface area contributed by atoms with Crippen molar-refractivity contribution in [2.75, 3.05) is 33.1 Å². The highest BCUT2D eigenvalue weighted by Crippen LogP contribution is 2.27. The highest BCUT2D eigenvalue weighted by Gasteiger charge is 2.27. The van der Waals surface area contributed by atoms with E-state index in [4.69, 9.17) is 16.3 Å². The van der Waals surface area contributed by atoms with E-state index >= 15 is 0 Å². The lowest BCUT2D eigenvalue weighted by Gasteiger charge is -2.25. The number of benzene rings is 2. The molecule has 0 aliphatic carbocycles. The highest BCUT2D eigenvalue weighted by atomic mass is 35.5. The van der Waals surface area contributed by atoms with Crippen molar-refractivity contribution in [1.29, 1.82) is 0 Å². The average Bonchev–Trinajstić information content (AvgIpc) is 2.66. The third kappa shape index (κ3) is 6.44. The van der Waals surface area contributed by atoms with Crippen molar-refractivity contribution in [1.82, 2.24) is 4.90 Å². The van der Waals surface area contributed by atoms with Gasteiger partial charge in [-0.2, -0.15) is 0 Å². The number of likely N-dealkylation sites (N-methyl/N-ethyl adjacent to an activating group) is 2. The number of carbonyl (C=O) groups excluding carboxylic acids is 2. The van der Waals surface area contributed by atoms with Crippen molar-refractivity contribution in [3.8, 4) is 5.75 Å². The predicted molar refractivity (Wildman–Crippen MR) is 111 cm³/mol. The van der Waals surface area contributed by atoms with Crippen LogP contribution in [0, 0.1) is 5.82 Å². The van der Waals surface area contributed by atoms with E-state index in [0.717, 1.165) is 4.90 Å². The monoisotopic (exact) mass is 422 g/mol.